The van der Waals surface area contributed by atoms with Crippen LogP contribution in [0.5, 0.6) is 0 Å². The number of amides is 1. The van der Waals surface area contributed by atoms with Crippen molar-refractivity contribution < 1.29 is 13.6 Å². The molecule has 1 aliphatic heterocycles. The molecule has 1 amide bonds. The summed E-state index contributed by atoms with van der Waals surface area (Å²) in [6.07, 6.45) is 3.31. The Labute approximate surface area is 230 Å². The lowest BCUT2D eigenvalue weighted by atomic mass is 10.0. The minimum atomic E-state index is -0.717. The number of carbonyl (C=O) groups excluding carboxylic acids is 1. The van der Waals surface area contributed by atoms with Gasteiger partial charge in [-0.3, -0.25) is 4.79 Å². The fourth-order valence-corrected chi connectivity index (χ4v) is 5.68. The number of piperazine rings is 1. The maximum Gasteiger partial charge on any atom is 0.355 e. The van der Waals surface area contributed by atoms with Crippen LogP contribution in [-0.2, 0) is 4.79 Å². The second-order valence-electron chi connectivity index (χ2n) is 10.5. The van der Waals surface area contributed by atoms with Crippen LogP contribution < -0.4 is 10.6 Å². The van der Waals surface area contributed by atoms with E-state index >= 15 is 4.39 Å². The number of nitrogens with zero attached hydrogens (tertiary/aromatic N) is 5. The highest BCUT2D eigenvalue weighted by Crippen LogP contribution is 2.44. The number of rotatable bonds is 5. The summed E-state index contributed by atoms with van der Waals surface area (Å²) in [6.45, 7) is 8.60. The SMILES string of the molecule is C=CC(=O)N1CCN(c2nc(=O)n(-c3c(C)cccc3C3CC3)c3nc(-c4ccccc4F)c(F)cc23)[C@@H](C)C1. The van der Waals surface area contributed by atoms with Crippen LogP contribution in [-0.4, -0.2) is 51.0 Å². The molecule has 2 aliphatic rings. The van der Waals surface area contributed by atoms with Gasteiger partial charge in [0, 0.05) is 31.2 Å². The predicted octanol–water partition coefficient (Wildman–Crippen LogP) is 5.13. The molecule has 2 fully saturated rings. The summed E-state index contributed by atoms with van der Waals surface area (Å²) in [5.74, 6) is -0.885. The Morgan fingerprint density at radius 1 is 1.05 bits per heavy atom. The molecule has 0 bridgehead atoms. The van der Waals surface area contributed by atoms with Crippen molar-refractivity contribution >= 4 is 22.8 Å². The van der Waals surface area contributed by atoms with Gasteiger partial charge in [0.15, 0.2) is 5.65 Å². The molecule has 204 valence electrons. The molecule has 1 atom stereocenters. The van der Waals surface area contributed by atoms with E-state index < -0.39 is 17.3 Å². The Bertz CT molecular complexity index is 1730. The van der Waals surface area contributed by atoms with Gasteiger partial charge in [0.2, 0.25) is 5.91 Å². The number of para-hydroxylation sites is 1. The van der Waals surface area contributed by atoms with Gasteiger partial charge < -0.3 is 9.80 Å². The summed E-state index contributed by atoms with van der Waals surface area (Å²) in [6, 6.07) is 12.9. The zero-order valence-corrected chi connectivity index (χ0v) is 22.4. The summed E-state index contributed by atoms with van der Waals surface area (Å²) in [5.41, 5.74) is 2.07. The lowest BCUT2D eigenvalue weighted by molar-refractivity contribution is -0.126. The van der Waals surface area contributed by atoms with Crippen LogP contribution >= 0.6 is 0 Å². The van der Waals surface area contributed by atoms with E-state index in [4.69, 9.17) is 0 Å². The molecule has 1 saturated carbocycles. The first kappa shape index (κ1) is 25.9. The van der Waals surface area contributed by atoms with Crippen LogP contribution in [0.25, 0.3) is 28.0 Å². The number of hydrogen-bond donors (Lipinski definition) is 0. The molecule has 3 heterocycles. The Balaban J connectivity index is 1.62. The summed E-state index contributed by atoms with van der Waals surface area (Å²) < 4.78 is 32.0. The van der Waals surface area contributed by atoms with Crippen molar-refractivity contribution in [1.29, 1.82) is 0 Å². The molecule has 0 radical (unpaired) electrons. The molecule has 7 nitrogen and oxygen atoms in total. The van der Waals surface area contributed by atoms with Crippen LogP contribution in [0.3, 0.4) is 0 Å². The maximum atomic E-state index is 15.7. The van der Waals surface area contributed by atoms with Crippen molar-refractivity contribution in [3.63, 3.8) is 0 Å². The maximum absolute atomic E-state index is 15.7. The van der Waals surface area contributed by atoms with E-state index in [2.05, 4.69) is 16.5 Å². The normalized spacial score (nSPS) is 17.4. The summed E-state index contributed by atoms with van der Waals surface area (Å²) in [7, 11) is 0. The highest BCUT2D eigenvalue weighted by Gasteiger charge is 2.32. The van der Waals surface area contributed by atoms with Gasteiger partial charge in [-0.1, -0.05) is 36.9 Å². The quantitative estimate of drug-likeness (QED) is 0.328. The van der Waals surface area contributed by atoms with Crippen LogP contribution in [0, 0.1) is 18.6 Å². The van der Waals surface area contributed by atoms with Gasteiger partial charge in [0.25, 0.3) is 0 Å². The minimum Gasteiger partial charge on any atom is -0.350 e. The molecule has 0 N–H and O–H groups in total. The number of aryl methyl sites for hydroxylation is 1. The van der Waals surface area contributed by atoms with E-state index in [9.17, 15) is 14.0 Å². The van der Waals surface area contributed by atoms with Gasteiger partial charge in [0.1, 0.15) is 23.1 Å². The zero-order chi connectivity index (χ0) is 28.1. The number of fused-ring (bicyclic) bond motifs is 1. The fourth-order valence-electron chi connectivity index (χ4n) is 5.68. The molecular formula is C31H29F2N5O2. The number of carbonyl (C=O) groups is 1. The van der Waals surface area contributed by atoms with E-state index in [0.717, 1.165) is 24.0 Å². The molecule has 40 heavy (non-hydrogen) atoms. The summed E-state index contributed by atoms with van der Waals surface area (Å²) in [4.78, 5) is 38.9. The molecule has 1 saturated heterocycles. The van der Waals surface area contributed by atoms with Crippen LogP contribution in [0.15, 0.2) is 66.0 Å². The highest BCUT2D eigenvalue weighted by atomic mass is 19.1. The highest BCUT2D eigenvalue weighted by molar-refractivity contribution is 5.91. The Hall–Kier alpha value is -4.40. The van der Waals surface area contributed by atoms with E-state index in [1.54, 1.807) is 11.0 Å². The molecule has 9 heteroatoms. The average molecular weight is 542 g/mol. The monoisotopic (exact) mass is 541 g/mol. The first-order valence-corrected chi connectivity index (χ1v) is 13.4. The molecule has 0 unspecified atom stereocenters. The van der Waals surface area contributed by atoms with E-state index in [0.29, 0.717) is 42.4 Å². The lowest BCUT2D eigenvalue weighted by Gasteiger charge is -2.40. The minimum absolute atomic E-state index is 0.0105. The molecule has 4 aromatic rings. The van der Waals surface area contributed by atoms with Gasteiger partial charge in [-0.25, -0.2) is 23.1 Å². The molecular weight excluding hydrogens is 512 g/mol. The van der Waals surface area contributed by atoms with Crippen molar-refractivity contribution in [2.75, 3.05) is 24.5 Å². The average Bonchev–Trinajstić information content (AvgIpc) is 3.79. The smallest absolute Gasteiger partial charge is 0.350 e. The van der Waals surface area contributed by atoms with Gasteiger partial charge in [-0.2, -0.15) is 4.98 Å². The number of aromatic nitrogens is 3. The summed E-state index contributed by atoms with van der Waals surface area (Å²) >= 11 is 0. The molecule has 0 spiro atoms. The number of hydrogen-bond acceptors (Lipinski definition) is 5. The number of pyridine rings is 1. The van der Waals surface area contributed by atoms with E-state index in [-0.39, 0.29) is 28.9 Å². The molecule has 2 aromatic carbocycles. The van der Waals surface area contributed by atoms with Crippen LogP contribution in [0.2, 0.25) is 0 Å². The Morgan fingerprint density at radius 3 is 2.52 bits per heavy atom. The predicted molar refractivity (Wildman–Crippen MR) is 151 cm³/mol. The lowest BCUT2D eigenvalue weighted by Crippen LogP contribution is -2.54. The zero-order valence-electron chi connectivity index (χ0n) is 22.4. The largest absolute Gasteiger partial charge is 0.355 e. The number of anilines is 1. The molecule has 6 rings (SSSR count). The van der Waals surface area contributed by atoms with Crippen LogP contribution in [0.1, 0.15) is 36.8 Å². The number of benzene rings is 2. The van der Waals surface area contributed by atoms with E-state index in [1.165, 1.54) is 34.9 Å². The number of halogens is 2. The first-order chi connectivity index (χ1) is 19.3. The van der Waals surface area contributed by atoms with Gasteiger partial charge in [0.05, 0.1) is 11.1 Å². The van der Waals surface area contributed by atoms with Gasteiger partial charge in [-0.15, -0.1) is 0 Å². The Kier molecular flexibility index (Phi) is 6.44. The first-order valence-electron chi connectivity index (χ1n) is 13.4. The third-order valence-electron chi connectivity index (χ3n) is 7.83. The van der Waals surface area contributed by atoms with Crippen LogP contribution in [0.4, 0.5) is 14.6 Å². The third-order valence-corrected chi connectivity index (χ3v) is 7.83. The van der Waals surface area contributed by atoms with Gasteiger partial charge >= 0.3 is 5.69 Å². The second kappa shape index (κ2) is 9.97. The fraction of sp³-hybridized carbons (Fsp3) is 0.290. The van der Waals surface area contributed by atoms with E-state index in [1.807, 2.05) is 36.9 Å². The Morgan fingerprint density at radius 2 is 1.82 bits per heavy atom. The second-order valence-corrected chi connectivity index (χ2v) is 10.5. The molecule has 1 aliphatic carbocycles. The standard InChI is InChI=1S/C31H29F2N5O2/c1-4-26(39)36-14-15-37(19(3)17-36)29-23-16-25(33)27(22-9-5-6-11-24(22)32)34-30(23)38(31(40)35-29)28-18(2)8-7-10-21(28)20-12-13-20/h4-11,16,19-20H,1,12-15,17H2,2-3H3/t19-/m0/s1. The van der Waals surface area contributed by atoms with Gasteiger partial charge in [-0.05, 0) is 68.0 Å². The van der Waals surface area contributed by atoms with Crippen molar-refractivity contribution in [2.45, 2.75) is 38.6 Å². The van der Waals surface area contributed by atoms with Crippen molar-refractivity contribution in [1.82, 2.24) is 19.4 Å². The topological polar surface area (TPSA) is 71.3 Å². The third kappa shape index (κ3) is 4.35. The molecule has 2 aromatic heterocycles. The van der Waals surface area contributed by atoms with Crippen molar-refractivity contribution in [2.24, 2.45) is 0 Å². The summed E-state index contributed by atoms with van der Waals surface area (Å²) in [5, 5.41) is 0.345. The van der Waals surface area contributed by atoms with Crippen molar-refractivity contribution in [3.05, 3.63) is 94.4 Å². The van der Waals surface area contributed by atoms with Crippen molar-refractivity contribution in [3.8, 4) is 16.9 Å².